The topological polar surface area (TPSA) is 85.1 Å². The van der Waals surface area contributed by atoms with Crippen molar-refractivity contribution in [2.24, 2.45) is 0 Å². The van der Waals surface area contributed by atoms with Gasteiger partial charge in [-0.2, -0.15) is 0 Å². The Morgan fingerprint density at radius 2 is 2.05 bits per heavy atom. The lowest BCUT2D eigenvalue weighted by atomic mass is 10.3. The van der Waals surface area contributed by atoms with Crippen molar-refractivity contribution in [2.45, 2.75) is 24.2 Å². The van der Waals surface area contributed by atoms with E-state index in [2.05, 4.69) is 9.71 Å². The van der Waals surface area contributed by atoms with Crippen molar-refractivity contribution in [2.75, 3.05) is 10.5 Å². The highest BCUT2D eigenvalue weighted by Gasteiger charge is 2.25. The molecule has 0 radical (unpaired) electrons. The molecule has 1 aliphatic rings. The van der Waals surface area contributed by atoms with Gasteiger partial charge >= 0.3 is 0 Å². The summed E-state index contributed by atoms with van der Waals surface area (Å²) in [4.78, 5) is 5.25. The highest BCUT2D eigenvalue weighted by Crippen LogP contribution is 2.35. The first-order chi connectivity index (χ1) is 9.87. The molecular formula is C12H11Cl2N3O2S2. The summed E-state index contributed by atoms with van der Waals surface area (Å²) in [5.41, 5.74) is 6.70. The van der Waals surface area contributed by atoms with E-state index in [0.717, 1.165) is 29.8 Å². The van der Waals surface area contributed by atoms with Crippen molar-refractivity contribution < 1.29 is 8.42 Å². The SMILES string of the molecule is Nc1cc(Cl)cc(Cl)c1S(=O)(=O)Nc1nc2c(s1)CCC2. The third-order valence-corrected chi connectivity index (χ3v) is 6.41. The van der Waals surface area contributed by atoms with Gasteiger partial charge in [-0.25, -0.2) is 13.4 Å². The Labute approximate surface area is 136 Å². The molecule has 0 amide bonds. The Morgan fingerprint density at radius 1 is 1.29 bits per heavy atom. The summed E-state index contributed by atoms with van der Waals surface area (Å²) in [6, 6.07) is 2.69. The molecule has 0 aliphatic heterocycles. The summed E-state index contributed by atoms with van der Waals surface area (Å²) in [6.45, 7) is 0. The molecule has 0 bridgehead atoms. The number of nitrogen functional groups attached to an aromatic ring is 1. The maximum atomic E-state index is 12.4. The van der Waals surface area contributed by atoms with Gasteiger partial charge < -0.3 is 5.73 Å². The molecule has 0 spiro atoms. The molecule has 21 heavy (non-hydrogen) atoms. The van der Waals surface area contributed by atoms with Crippen LogP contribution in [-0.4, -0.2) is 13.4 Å². The molecule has 112 valence electrons. The van der Waals surface area contributed by atoms with Crippen molar-refractivity contribution in [3.63, 3.8) is 0 Å². The van der Waals surface area contributed by atoms with Crippen LogP contribution in [-0.2, 0) is 22.9 Å². The summed E-state index contributed by atoms with van der Waals surface area (Å²) in [5.74, 6) is 0. The molecule has 9 heteroatoms. The maximum absolute atomic E-state index is 12.4. The van der Waals surface area contributed by atoms with Crippen LogP contribution in [0.4, 0.5) is 10.8 Å². The van der Waals surface area contributed by atoms with E-state index in [4.69, 9.17) is 28.9 Å². The van der Waals surface area contributed by atoms with Crippen molar-refractivity contribution in [3.05, 3.63) is 32.7 Å². The number of thiazole rings is 1. The molecule has 1 aromatic carbocycles. The number of hydrogen-bond acceptors (Lipinski definition) is 5. The Bertz CT molecular complexity index is 773. The zero-order chi connectivity index (χ0) is 15.2. The van der Waals surface area contributed by atoms with Gasteiger partial charge in [0.1, 0.15) is 4.90 Å². The summed E-state index contributed by atoms with van der Waals surface area (Å²) in [5, 5.41) is 0.603. The number of aromatic nitrogens is 1. The predicted octanol–water partition coefficient (Wildman–Crippen LogP) is 3.32. The number of fused-ring (bicyclic) bond motifs is 1. The number of nitrogens with zero attached hydrogens (tertiary/aromatic N) is 1. The van der Waals surface area contributed by atoms with Crippen LogP contribution in [0.15, 0.2) is 17.0 Å². The number of hydrogen-bond donors (Lipinski definition) is 2. The lowest BCUT2D eigenvalue weighted by molar-refractivity contribution is 0.601. The van der Waals surface area contributed by atoms with Crippen molar-refractivity contribution in [1.29, 1.82) is 0 Å². The molecule has 2 aromatic rings. The standard InChI is InChI=1S/C12H11Cl2N3O2S2/c13-6-4-7(14)11(8(15)5-6)21(18,19)17-12-16-9-2-1-3-10(9)20-12/h4-5H,1-3,15H2,(H,16,17). The van der Waals surface area contributed by atoms with Crippen LogP contribution in [0.25, 0.3) is 0 Å². The van der Waals surface area contributed by atoms with Gasteiger partial charge in [-0.1, -0.05) is 23.2 Å². The van der Waals surface area contributed by atoms with E-state index in [0.29, 0.717) is 5.13 Å². The van der Waals surface area contributed by atoms with Gasteiger partial charge in [0.25, 0.3) is 10.0 Å². The Kier molecular flexibility index (Phi) is 3.77. The van der Waals surface area contributed by atoms with E-state index in [1.54, 1.807) is 0 Å². The third kappa shape index (κ3) is 2.83. The van der Waals surface area contributed by atoms with Crippen molar-refractivity contribution >= 4 is 55.4 Å². The molecule has 0 saturated heterocycles. The quantitative estimate of drug-likeness (QED) is 0.819. The van der Waals surface area contributed by atoms with Crippen LogP contribution in [0.5, 0.6) is 0 Å². The minimum absolute atomic E-state index is 0.00379. The Morgan fingerprint density at radius 3 is 2.71 bits per heavy atom. The summed E-state index contributed by atoms with van der Waals surface area (Å²) < 4.78 is 27.3. The van der Waals surface area contributed by atoms with Crippen LogP contribution in [0.1, 0.15) is 17.0 Å². The monoisotopic (exact) mass is 363 g/mol. The lowest BCUT2D eigenvalue weighted by Crippen LogP contribution is -2.15. The second kappa shape index (κ2) is 5.31. The molecule has 0 saturated carbocycles. The summed E-state index contributed by atoms with van der Waals surface area (Å²) in [6.07, 6.45) is 2.90. The van der Waals surface area contributed by atoms with Crippen LogP contribution < -0.4 is 10.5 Å². The number of halogens is 2. The molecule has 0 unspecified atom stereocenters. The molecular weight excluding hydrogens is 353 g/mol. The fraction of sp³-hybridized carbons (Fsp3) is 0.250. The van der Waals surface area contributed by atoms with Gasteiger partial charge in [0, 0.05) is 9.90 Å². The maximum Gasteiger partial charge on any atom is 0.267 e. The molecule has 3 rings (SSSR count). The largest absolute Gasteiger partial charge is 0.398 e. The molecule has 3 N–H and O–H groups in total. The van der Waals surface area contributed by atoms with E-state index in [1.807, 2.05) is 0 Å². The Hall–Kier alpha value is -1.02. The number of nitrogens with one attached hydrogen (secondary N) is 1. The highest BCUT2D eigenvalue weighted by atomic mass is 35.5. The summed E-state index contributed by atoms with van der Waals surface area (Å²) >= 11 is 13.1. The zero-order valence-corrected chi connectivity index (χ0v) is 13.8. The fourth-order valence-corrected chi connectivity index (χ4v) is 5.54. The predicted molar refractivity (Wildman–Crippen MR) is 85.8 cm³/mol. The number of benzene rings is 1. The van der Waals surface area contributed by atoms with Crippen molar-refractivity contribution in [3.8, 4) is 0 Å². The zero-order valence-electron chi connectivity index (χ0n) is 10.7. The number of aryl methyl sites for hydroxylation is 2. The van der Waals surface area contributed by atoms with Gasteiger partial charge in [0.05, 0.1) is 16.4 Å². The molecule has 0 atom stereocenters. The first-order valence-corrected chi connectivity index (χ1v) is 9.18. The van der Waals surface area contributed by atoms with Gasteiger partial charge in [-0.15, -0.1) is 11.3 Å². The average molecular weight is 364 g/mol. The first-order valence-electron chi connectivity index (χ1n) is 6.13. The third-order valence-electron chi connectivity index (χ3n) is 3.12. The number of sulfonamides is 1. The average Bonchev–Trinajstić information content (AvgIpc) is 2.86. The minimum Gasteiger partial charge on any atom is -0.398 e. The second-order valence-corrected chi connectivity index (χ2v) is 8.20. The van der Waals surface area contributed by atoms with Gasteiger partial charge in [-0.3, -0.25) is 4.72 Å². The van der Waals surface area contributed by atoms with Gasteiger partial charge in [-0.05, 0) is 31.4 Å². The van der Waals surface area contributed by atoms with E-state index in [1.165, 1.54) is 23.5 Å². The van der Waals surface area contributed by atoms with E-state index < -0.39 is 10.0 Å². The number of nitrogens with two attached hydrogens (primary N) is 1. The van der Waals surface area contributed by atoms with E-state index >= 15 is 0 Å². The van der Waals surface area contributed by atoms with Crippen molar-refractivity contribution in [1.82, 2.24) is 4.98 Å². The highest BCUT2D eigenvalue weighted by molar-refractivity contribution is 7.93. The van der Waals surface area contributed by atoms with Crippen LogP contribution >= 0.6 is 34.5 Å². The van der Waals surface area contributed by atoms with Gasteiger partial charge in [0.15, 0.2) is 5.13 Å². The molecule has 1 aromatic heterocycles. The van der Waals surface area contributed by atoms with Crippen LogP contribution in [0, 0.1) is 0 Å². The normalized spacial score (nSPS) is 14.2. The first kappa shape index (κ1) is 14.9. The van der Waals surface area contributed by atoms with Crippen LogP contribution in [0.3, 0.4) is 0 Å². The van der Waals surface area contributed by atoms with E-state index in [-0.39, 0.29) is 20.6 Å². The lowest BCUT2D eigenvalue weighted by Gasteiger charge is -2.10. The fourth-order valence-electron chi connectivity index (χ4n) is 2.26. The molecule has 1 aliphatic carbocycles. The number of rotatable bonds is 3. The molecule has 5 nitrogen and oxygen atoms in total. The summed E-state index contributed by atoms with van der Waals surface area (Å²) in [7, 11) is -3.90. The van der Waals surface area contributed by atoms with E-state index in [9.17, 15) is 8.42 Å². The van der Waals surface area contributed by atoms with Crippen LogP contribution in [0.2, 0.25) is 10.0 Å². The van der Waals surface area contributed by atoms with Gasteiger partial charge in [0.2, 0.25) is 0 Å². The number of anilines is 2. The smallest absolute Gasteiger partial charge is 0.267 e. The Balaban J connectivity index is 1.97. The molecule has 1 heterocycles. The minimum atomic E-state index is -3.90. The second-order valence-electron chi connectivity index (χ2n) is 4.65. The molecule has 0 fully saturated rings.